The minimum atomic E-state index is -0.921. The van der Waals surface area contributed by atoms with Gasteiger partial charge >= 0.3 is 0 Å². The highest BCUT2D eigenvalue weighted by atomic mass is 19.2. The standard InChI is InChI=1S/C23H16F2N4O2/c24-19-7-6-14(10-20(19)25)13-2-1-3-17(8-13)29-11-16-5-4-15(9-18(16)23(29)31)22-21(12-30)26-28-27-22/h1-10,30H,11-12H2,(H,26,27,28). The van der Waals surface area contributed by atoms with Crippen molar-refractivity contribution in [2.75, 3.05) is 4.90 Å². The summed E-state index contributed by atoms with van der Waals surface area (Å²) in [5.41, 5.74) is 4.84. The van der Waals surface area contributed by atoms with Gasteiger partial charge in [-0.1, -0.05) is 30.3 Å². The largest absolute Gasteiger partial charge is 0.390 e. The second-order valence-electron chi connectivity index (χ2n) is 7.22. The van der Waals surface area contributed by atoms with Gasteiger partial charge in [0.25, 0.3) is 5.91 Å². The number of amides is 1. The van der Waals surface area contributed by atoms with Gasteiger partial charge in [0.15, 0.2) is 11.6 Å². The molecule has 0 radical (unpaired) electrons. The summed E-state index contributed by atoms with van der Waals surface area (Å²) in [7, 11) is 0. The molecule has 154 valence electrons. The van der Waals surface area contributed by atoms with Gasteiger partial charge in [-0.05, 0) is 47.0 Å². The molecule has 0 saturated carbocycles. The highest BCUT2D eigenvalue weighted by molar-refractivity contribution is 6.10. The van der Waals surface area contributed by atoms with Crippen LogP contribution in [0.2, 0.25) is 0 Å². The number of anilines is 1. The van der Waals surface area contributed by atoms with Crippen LogP contribution in [0, 0.1) is 11.6 Å². The molecule has 31 heavy (non-hydrogen) atoms. The molecule has 3 aromatic carbocycles. The number of aliphatic hydroxyl groups excluding tert-OH is 1. The summed E-state index contributed by atoms with van der Waals surface area (Å²) < 4.78 is 26.9. The van der Waals surface area contributed by atoms with E-state index in [0.29, 0.717) is 45.9 Å². The van der Waals surface area contributed by atoms with Crippen molar-refractivity contribution in [3.63, 3.8) is 0 Å². The molecule has 1 aromatic heterocycles. The molecule has 0 bridgehead atoms. The number of hydrogen-bond donors (Lipinski definition) is 2. The molecule has 4 aromatic rings. The molecule has 0 aliphatic carbocycles. The molecule has 1 aliphatic rings. The number of halogens is 2. The molecular formula is C23H16F2N4O2. The third kappa shape index (κ3) is 3.27. The third-order valence-corrected chi connectivity index (χ3v) is 5.37. The van der Waals surface area contributed by atoms with Crippen LogP contribution in [0.3, 0.4) is 0 Å². The zero-order valence-corrected chi connectivity index (χ0v) is 16.1. The van der Waals surface area contributed by atoms with Crippen LogP contribution in [0.5, 0.6) is 0 Å². The van der Waals surface area contributed by atoms with Crippen LogP contribution in [-0.4, -0.2) is 26.4 Å². The van der Waals surface area contributed by atoms with Gasteiger partial charge < -0.3 is 10.0 Å². The second kappa shape index (κ2) is 7.41. The van der Waals surface area contributed by atoms with Gasteiger partial charge in [-0.15, -0.1) is 0 Å². The van der Waals surface area contributed by atoms with E-state index in [2.05, 4.69) is 15.4 Å². The van der Waals surface area contributed by atoms with Crippen LogP contribution < -0.4 is 4.90 Å². The molecule has 6 nitrogen and oxygen atoms in total. The van der Waals surface area contributed by atoms with Crippen LogP contribution in [0.4, 0.5) is 14.5 Å². The zero-order valence-electron chi connectivity index (χ0n) is 16.1. The molecular weight excluding hydrogens is 402 g/mol. The summed E-state index contributed by atoms with van der Waals surface area (Å²) in [5.74, 6) is -2.00. The van der Waals surface area contributed by atoms with Crippen molar-refractivity contribution in [2.45, 2.75) is 13.2 Å². The van der Waals surface area contributed by atoms with E-state index in [9.17, 15) is 18.7 Å². The number of rotatable bonds is 4. The number of nitrogens with one attached hydrogen (secondary N) is 1. The first kappa shape index (κ1) is 19.1. The fraction of sp³-hybridized carbons (Fsp3) is 0.0870. The normalized spacial score (nSPS) is 13.0. The summed E-state index contributed by atoms with van der Waals surface area (Å²) in [6.45, 7) is 0.126. The van der Waals surface area contributed by atoms with E-state index in [1.54, 1.807) is 35.2 Å². The SMILES string of the molecule is O=C1c2cc(-c3n[nH]nc3CO)ccc2CN1c1cccc(-c2ccc(F)c(F)c2)c1. The minimum Gasteiger partial charge on any atom is -0.390 e. The van der Waals surface area contributed by atoms with Crippen molar-refractivity contribution in [2.24, 2.45) is 0 Å². The van der Waals surface area contributed by atoms with Crippen LogP contribution in [-0.2, 0) is 13.2 Å². The molecule has 8 heteroatoms. The number of benzene rings is 3. The highest BCUT2D eigenvalue weighted by Crippen LogP contribution is 2.33. The monoisotopic (exact) mass is 418 g/mol. The Morgan fingerprint density at radius 2 is 1.74 bits per heavy atom. The summed E-state index contributed by atoms with van der Waals surface area (Å²) >= 11 is 0. The lowest BCUT2D eigenvalue weighted by molar-refractivity contribution is 0.0996. The van der Waals surface area contributed by atoms with Crippen LogP contribution in [0.15, 0.2) is 60.7 Å². The van der Waals surface area contributed by atoms with Gasteiger partial charge in [-0.3, -0.25) is 4.79 Å². The number of H-pyrrole nitrogens is 1. The number of fused-ring (bicyclic) bond motifs is 1. The molecule has 0 fully saturated rings. The average Bonchev–Trinajstić information content (AvgIpc) is 3.40. The van der Waals surface area contributed by atoms with Crippen LogP contribution in [0.1, 0.15) is 21.6 Å². The number of aromatic amines is 1. The maximum absolute atomic E-state index is 13.6. The number of carbonyl (C=O) groups is 1. The molecule has 1 amide bonds. The number of nitrogens with zero attached hydrogens (tertiary/aromatic N) is 3. The lowest BCUT2D eigenvalue weighted by atomic mass is 10.0. The fourth-order valence-corrected chi connectivity index (χ4v) is 3.78. The van der Waals surface area contributed by atoms with E-state index in [0.717, 1.165) is 17.7 Å². The molecule has 2 N–H and O–H groups in total. The maximum Gasteiger partial charge on any atom is 0.258 e. The van der Waals surface area contributed by atoms with Gasteiger partial charge in [0.05, 0.1) is 13.2 Å². The number of aromatic nitrogens is 3. The third-order valence-electron chi connectivity index (χ3n) is 5.37. The minimum absolute atomic E-state index is 0.173. The predicted molar refractivity (Wildman–Crippen MR) is 110 cm³/mol. The average molecular weight is 418 g/mol. The first-order valence-corrected chi connectivity index (χ1v) is 9.56. The summed E-state index contributed by atoms with van der Waals surface area (Å²) in [4.78, 5) is 14.8. The van der Waals surface area contributed by atoms with Crippen molar-refractivity contribution in [1.82, 2.24) is 15.4 Å². The summed E-state index contributed by atoms with van der Waals surface area (Å²) in [6, 6.07) is 16.3. The Morgan fingerprint density at radius 1 is 0.935 bits per heavy atom. The summed E-state index contributed by atoms with van der Waals surface area (Å²) in [5, 5.41) is 19.9. The molecule has 0 saturated heterocycles. The van der Waals surface area contributed by atoms with E-state index in [1.807, 2.05) is 12.1 Å². The Morgan fingerprint density at radius 3 is 2.55 bits per heavy atom. The molecule has 1 aliphatic heterocycles. The molecule has 2 heterocycles. The van der Waals surface area contributed by atoms with Crippen LogP contribution >= 0.6 is 0 Å². The van der Waals surface area contributed by atoms with Gasteiger partial charge in [0.2, 0.25) is 0 Å². The van der Waals surface area contributed by atoms with Crippen molar-refractivity contribution >= 4 is 11.6 Å². The highest BCUT2D eigenvalue weighted by Gasteiger charge is 2.29. The Kier molecular flexibility index (Phi) is 4.56. The number of aliphatic hydroxyl groups is 1. The van der Waals surface area contributed by atoms with E-state index >= 15 is 0 Å². The lowest BCUT2D eigenvalue weighted by Gasteiger charge is -2.17. The first-order chi connectivity index (χ1) is 15.0. The predicted octanol–water partition coefficient (Wildman–Crippen LogP) is 4.07. The Labute approximate surface area is 175 Å². The van der Waals surface area contributed by atoms with E-state index in [4.69, 9.17) is 0 Å². The zero-order chi connectivity index (χ0) is 21.5. The smallest absolute Gasteiger partial charge is 0.258 e. The summed E-state index contributed by atoms with van der Waals surface area (Å²) in [6.07, 6.45) is 0. The lowest BCUT2D eigenvalue weighted by Crippen LogP contribution is -2.22. The first-order valence-electron chi connectivity index (χ1n) is 9.56. The maximum atomic E-state index is 13.6. The van der Waals surface area contributed by atoms with Gasteiger partial charge in [-0.2, -0.15) is 15.4 Å². The Bertz CT molecular complexity index is 1320. The van der Waals surface area contributed by atoms with Gasteiger partial charge in [-0.25, -0.2) is 8.78 Å². The quantitative estimate of drug-likeness (QED) is 0.524. The van der Waals surface area contributed by atoms with E-state index in [1.165, 1.54) is 6.07 Å². The molecule has 0 unspecified atom stereocenters. The molecule has 0 spiro atoms. The topological polar surface area (TPSA) is 82.1 Å². The van der Waals surface area contributed by atoms with Crippen molar-refractivity contribution in [3.05, 3.63) is 89.1 Å². The second-order valence-corrected chi connectivity index (χ2v) is 7.22. The van der Waals surface area contributed by atoms with E-state index < -0.39 is 11.6 Å². The fourth-order valence-electron chi connectivity index (χ4n) is 3.78. The van der Waals surface area contributed by atoms with Crippen LogP contribution in [0.25, 0.3) is 22.4 Å². The Balaban J connectivity index is 1.48. The number of carbonyl (C=O) groups excluding carboxylic acids is 1. The van der Waals surface area contributed by atoms with Gasteiger partial charge in [0, 0.05) is 16.8 Å². The number of hydrogen-bond acceptors (Lipinski definition) is 4. The van der Waals surface area contributed by atoms with E-state index in [-0.39, 0.29) is 12.5 Å². The van der Waals surface area contributed by atoms with Crippen molar-refractivity contribution in [1.29, 1.82) is 0 Å². The molecule has 5 rings (SSSR count). The van der Waals surface area contributed by atoms with Crippen molar-refractivity contribution < 1.29 is 18.7 Å². The molecule has 0 atom stereocenters. The van der Waals surface area contributed by atoms with Crippen molar-refractivity contribution in [3.8, 4) is 22.4 Å². The van der Waals surface area contributed by atoms with Gasteiger partial charge in [0.1, 0.15) is 11.4 Å². The Hall–Kier alpha value is -3.91.